The number of aliphatic imine (C=N–C) groups is 1. The summed E-state index contributed by atoms with van der Waals surface area (Å²) in [6, 6.07) is 19.8. The van der Waals surface area contributed by atoms with Gasteiger partial charge < -0.3 is 9.47 Å². The van der Waals surface area contributed by atoms with Gasteiger partial charge in [-0.1, -0.05) is 57.2 Å². The zero-order valence-corrected chi connectivity index (χ0v) is 18.5. The second-order valence-corrected chi connectivity index (χ2v) is 8.61. The first-order valence-electron chi connectivity index (χ1n) is 10.4. The molecule has 3 aromatic rings. The Morgan fingerprint density at radius 1 is 1.00 bits per heavy atom. The summed E-state index contributed by atoms with van der Waals surface area (Å²) < 4.78 is 24.4. The molecule has 0 aromatic heterocycles. The van der Waals surface area contributed by atoms with E-state index in [0.717, 1.165) is 5.56 Å². The van der Waals surface area contributed by atoms with Crippen molar-refractivity contribution in [3.8, 4) is 5.75 Å². The zero-order valence-electron chi connectivity index (χ0n) is 18.5. The van der Waals surface area contributed by atoms with Crippen molar-refractivity contribution in [1.29, 1.82) is 0 Å². The molecule has 0 amide bonds. The lowest BCUT2D eigenvalue weighted by molar-refractivity contribution is -0.129. The third kappa shape index (κ3) is 5.06. The van der Waals surface area contributed by atoms with Crippen LogP contribution < -0.4 is 4.74 Å². The van der Waals surface area contributed by atoms with E-state index in [4.69, 9.17) is 9.47 Å². The van der Waals surface area contributed by atoms with Crippen LogP contribution in [0, 0.1) is 5.82 Å². The van der Waals surface area contributed by atoms with E-state index in [1.165, 1.54) is 18.2 Å². The smallest absolute Gasteiger partial charge is 0.363 e. The maximum Gasteiger partial charge on any atom is 0.363 e. The predicted molar refractivity (Wildman–Crippen MR) is 124 cm³/mol. The van der Waals surface area contributed by atoms with Gasteiger partial charge in [-0.3, -0.25) is 0 Å². The fourth-order valence-corrected chi connectivity index (χ4v) is 3.26. The summed E-state index contributed by atoms with van der Waals surface area (Å²) in [7, 11) is 0. The van der Waals surface area contributed by atoms with Crippen molar-refractivity contribution in [2.75, 3.05) is 0 Å². The average Bonchev–Trinajstić information content (AvgIpc) is 3.14. The number of nitrogens with zero attached hydrogens (tertiary/aromatic N) is 1. The van der Waals surface area contributed by atoms with Crippen LogP contribution >= 0.6 is 0 Å². The molecule has 4 rings (SSSR count). The van der Waals surface area contributed by atoms with E-state index in [1.54, 1.807) is 36.4 Å². The highest BCUT2D eigenvalue weighted by Gasteiger charge is 2.25. The molecule has 0 fully saturated rings. The lowest BCUT2D eigenvalue weighted by atomic mass is 9.87. The lowest BCUT2D eigenvalue weighted by Gasteiger charge is -2.18. The Hall–Kier alpha value is -4.06. The van der Waals surface area contributed by atoms with E-state index in [9.17, 15) is 14.0 Å². The Kier molecular flexibility index (Phi) is 5.92. The summed E-state index contributed by atoms with van der Waals surface area (Å²) in [5, 5.41) is 0. The lowest BCUT2D eigenvalue weighted by Crippen LogP contribution is -2.11. The molecule has 6 heteroatoms. The van der Waals surface area contributed by atoms with Crippen LogP contribution in [0.1, 0.15) is 47.8 Å². The number of hydrogen-bond acceptors (Lipinski definition) is 5. The Morgan fingerprint density at radius 2 is 1.73 bits per heavy atom. The van der Waals surface area contributed by atoms with Gasteiger partial charge in [0.25, 0.3) is 0 Å². The van der Waals surface area contributed by atoms with Crippen LogP contribution in [0.4, 0.5) is 4.39 Å². The SMILES string of the molecule is CC(C)(C)c1ccc(C2=N/C(=C/c3cccc(OC(=O)c4ccccc4F)c3)C(=O)O2)cc1. The number of hydrogen-bond donors (Lipinski definition) is 0. The molecule has 0 unspecified atom stereocenters. The molecule has 0 saturated carbocycles. The summed E-state index contributed by atoms with van der Waals surface area (Å²) >= 11 is 0. The van der Waals surface area contributed by atoms with Crippen molar-refractivity contribution in [2.24, 2.45) is 4.99 Å². The summed E-state index contributed by atoms with van der Waals surface area (Å²) in [5.41, 5.74) is 2.42. The molecule has 0 spiro atoms. The van der Waals surface area contributed by atoms with Crippen LogP contribution in [0.5, 0.6) is 5.75 Å². The van der Waals surface area contributed by atoms with Gasteiger partial charge in [-0.25, -0.2) is 19.0 Å². The van der Waals surface area contributed by atoms with E-state index in [1.807, 2.05) is 24.3 Å². The van der Waals surface area contributed by atoms with Crippen molar-refractivity contribution >= 4 is 23.9 Å². The van der Waals surface area contributed by atoms with E-state index >= 15 is 0 Å². The monoisotopic (exact) mass is 443 g/mol. The van der Waals surface area contributed by atoms with Crippen LogP contribution in [0.15, 0.2) is 83.5 Å². The van der Waals surface area contributed by atoms with Gasteiger partial charge >= 0.3 is 11.9 Å². The molecular weight excluding hydrogens is 421 g/mol. The number of cyclic esters (lactones) is 1. The Morgan fingerprint density at radius 3 is 2.42 bits per heavy atom. The minimum atomic E-state index is -0.808. The van der Waals surface area contributed by atoms with Gasteiger partial charge in [-0.15, -0.1) is 0 Å². The fourth-order valence-electron chi connectivity index (χ4n) is 3.26. The van der Waals surface area contributed by atoms with Gasteiger partial charge in [0.1, 0.15) is 11.6 Å². The van der Waals surface area contributed by atoms with Gasteiger partial charge in [-0.2, -0.15) is 0 Å². The molecule has 1 aliphatic heterocycles. The van der Waals surface area contributed by atoms with E-state index in [-0.39, 0.29) is 28.3 Å². The molecule has 1 aliphatic rings. The van der Waals surface area contributed by atoms with Gasteiger partial charge in [0.2, 0.25) is 5.90 Å². The summed E-state index contributed by atoms with van der Waals surface area (Å²) in [4.78, 5) is 28.9. The van der Waals surface area contributed by atoms with Gasteiger partial charge in [-0.05, 0) is 59.0 Å². The molecular formula is C27H22FNO4. The largest absolute Gasteiger partial charge is 0.423 e. The molecule has 33 heavy (non-hydrogen) atoms. The van der Waals surface area contributed by atoms with E-state index in [0.29, 0.717) is 11.1 Å². The summed E-state index contributed by atoms with van der Waals surface area (Å²) in [6.07, 6.45) is 1.54. The first kappa shape index (κ1) is 22.1. The molecule has 0 N–H and O–H groups in total. The van der Waals surface area contributed by atoms with Crippen LogP contribution in [0.25, 0.3) is 6.08 Å². The van der Waals surface area contributed by atoms with Gasteiger partial charge in [0.15, 0.2) is 5.70 Å². The zero-order chi connectivity index (χ0) is 23.6. The minimum absolute atomic E-state index is 0.0124. The topological polar surface area (TPSA) is 65.0 Å². The highest BCUT2D eigenvalue weighted by atomic mass is 19.1. The fraction of sp³-hybridized carbons (Fsp3) is 0.148. The molecule has 166 valence electrons. The third-order valence-electron chi connectivity index (χ3n) is 5.08. The van der Waals surface area contributed by atoms with Crippen LogP contribution in [0.2, 0.25) is 0 Å². The number of benzene rings is 3. The highest BCUT2D eigenvalue weighted by Crippen LogP contribution is 2.25. The van der Waals surface area contributed by atoms with Crippen molar-refractivity contribution in [1.82, 2.24) is 0 Å². The van der Waals surface area contributed by atoms with Crippen LogP contribution in [0.3, 0.4) is 0 Å². The number of halogens is 1. The van der Waals surface area contributed by atoms with E-state index in [2.05, 4.69) is 25.8 Å². The normalized spacial score (nSPS) is 14.7. The standard InChI is InChI=1S/C27H22FNO4/c1-27(2,3)19-13-11-18(12-14-19)24-29-23(26(31)33-24)16-17-7-6-8-20(15-17)32-25(30)21-9-4-5-10-22(21)28/h4-16H,1-3H3/b23-16+. The maximum absolute atomic E-state index is 13.8. The average molecular weight is 443 g/mol. The van der Waals surface area contributed by atoms with Crippen molar-refractivity contribution < 1.29 is 23.5 Å². The second kappa shape index (κ2) is 8.82. The molecule has 0 radical (unpaired) electrons. The molecule has 0 saturated heterocycles. The second-order valence-electron chi connectivity index (χ2n) is 8.61. The Bertz CT molecular complexity index is 1280. The predicted octanol–water partition coefficient (Wildman–Crippen LogP) is 5.69. The number of rotatable bonds is 4. The van der Waals surface area contributed by atoms with Crippen LogP contribution in [-0.4, -0.2) is 17.8 Å². The number of ether oxygens (including phenoxy) is 2. The highest BCUT2D eigenvalue weighted by molar-refractivity contribution is 6.12. The quantitative estimate of drug-likeness (QED) is 0.295. The Balaban J connectivity index is 1.54. The third-order valence-corrected chi connectivity index (χ3v) is 5.08. The van der Waals surface area contributed by atoms with E-state index < -0.39 is 17.8 Å². The minimum Gasteiger partial charge on any atom is -0.423 e. The van der Waals surface area contributed by atoms with Crippen molar-refractivity contribution in [3.63, 3.8) is 0 Å². The molecule has 0 atom stereocenters. The maximum atomic E-state index is 13.8. The summed E-state index contributed by atoms with van der Waals surface area (Å²) in [5.74, 6) is -1.59. The van der Waals surface area contributed by atoms with Gasteiger partial charge in [0.05, 0.1) is 5.56 Å². The Labute approximate surface area is 191 Å². The van der Waals surface area contributed by atoms with Gasteiger partial charge in [0, 0.05) is 5.56 Å². The first-order chi connectivity index (χ1) is 15.7. The number of carbonyl (C=O) groups is 2. The molecule has 3 aromatic carbocycles. The summed E-state index contributed by atoms with van der Waals surface area (Å²) in [6.45, 7) is 6.37. The number of esters is 2. The molecule has 1 heterocycles. The number of carbonyl (C=O) groups excluding carboxylic acids is 2. The van der Waals surface area contributed by atoms with Crippen molar-refractivity contribution in [2.45, 2.75) is 26.2 Å². The van der Waals surface area contributed by atoms with Crippen molar-refractivity contribution in [3.05, 3.63) is 107 Å². The molecule has 0 aliphatic carbocycles. The molecule has 0 bridgehead atoms. The first-order valence-corrected chi connectivity index (χ1v) is 10.4. The van der Waals surface area contributed by atoms with Crippen LogP contribution in [-0.2, 0) is 14.9 Å². The molecule has 5 nitrogen and oxygen atoms in total.